The van der Waals surface area contributed by atoms with Gasteiger partial charge in [0.1, 0.15) is 11.0 Å². The number of aryl methyl sites for hydroxylation is 1. The number of fused-ring (bicyclic) bond motifs is 1. The van der Waals surface area contributed by atoms with E-state index < -0.39 is 0 Å². The molecule has 0 aromatic carbocycles. The minimum absolute atomic E-state index is 0.0743. The Hall–Kier alpha value is -0.330. The van der Waals surface area contributed by atoms with Crippen molar-refractivity contribution in [2.45, 2.75) is 6.92 Å². The molecule has 2 rings (SSSR count). The molecule has 0 saturated carbocycles. The van der Waals surface area contributed by atoms with Gasteiger partial charge < -0.3 is 0 Å². The second kappa shape index (κ2) is 3.67. The molecule has 0 aliphatic carbocycles. The van der Waals surface area contributed by atoms with E-state index in [0.717, 1.165) is 0 Å². The molecule has 0 atom stereocenters. The Morgan fingerprint density at radius 3 is 2.93 bits per heavy atom. The van der Waals surface area contributed by atoms with E-state index in [0.29, 0.717) is 26.5 Å². The molecule has 7 heteroatoms. The Morgan fingerprint density at radius 2 is 2.29 bits per heavy atom. The average Bonchev–Trinajstić information content (AvgIpc) is 2.42. The Bertz CT molecular complexity index is 501. The number of aromatic nitrogens is 3. The van der Waals surface area contributed by atoms with E-state index in [1.54, 1.807) is 13.1 Å². The van der Waals surface area contributed by atoms with Crippen LogP contribution >= 0.6 is 39.9 Å². The summed E-state index contributed by atoms with van der Waals surface area (Å²) >= 11 is 9.25. The van der Waals surface area contributed by atoms with Crippen LogP contribution in [0.5, 0.6) is 0 Å². The van der Waals surface area contributed by atoms with Gasteiger partial charge in [-0.1, -0.05) is 11.6 Å². The van der Waals surface area contributed by atoms with E-state index in [-0.39, 0.29) is 12.3 Å². The zero-order chi connectivity index (χ0) is 10.3. The lowest BCUT2D eigenvalue weighted by Gasteiger charge is -1.98. The minimum Gasteiger partial charge on any atom is -0.246 e. The van der Waals surface area contributed by atoms with Gasteiger partial charge in [0.05, 0.1) is 5.39 Å². The van der Waals surface area contributed by atoms with Crippen LogP contribution in [0.3, 0.4) is 0 Å². The fourth-order valence-corrected chi connectivity index (χ4v) is 2.64. The second-order valence-corrected chi connectivity index (χ2v) is 4.38. The van der Waals surface area contributed by atoms with Crippen molar-refractivity contribution in [3.05, 3.63) is 21.6 Å². The van der Waals surface area contributed by atoms with E-state index in [2.05, 4.69) is 25.9 Å². The molecule has 0 N–H and O–H groups in total. The molecule has 0 aliphatic rings. The third-order valence-corrected chi connectivity index (χ3v) is 3.01. The van der Waals surface area contributed by atoms with Gasteiger partial charge in [0.2, 0.25) is 0 Å². The maximum atomic E-state index is 12.5. The Balaban J connectivity index is 2.89. The first-order valence-electron chi connectivity index (χ1n) is 3.63. The van der Waals surface area contributed by atoms with Crippen molar-refractivity contribution < 1.29 is 3.89 Å². The summed E-state index contributed by atoms with van der Waals surface area (Å²) in [5, 5.41) is 0.953. The monoisotopic (exact) mass is 295 g/mol. The third kappa shape index (κ3) is 1.51. The van der Waals surface area contributed by atoms with Crippen molar-refractivity contribution in [1.82, 2.24) is 13.9 Å². The smallest absolute Gasteiger partial charge is 0.171 e. The van der Waals surface area contributed by atoms with Gasteiger partial charge in [0.25, 0.3) is 0 Å². The zero-order valence-electron chi connectivity index (χ0n) is 6.96. The minimum atomic E-state index is 0.0743. The molecule has 0 spiro atoms. The number of hydrogen-bond donors (Lipinski definition) is 0. The molecule has 0 fully saturated rings. The zero-order valence-corrected chi connectivity index (χ0v) is 10.1. The molecular formula is C7H4BrClFN3S. The molecule has 0 bridgehead atoms. The number of hydrogen-bond acceptors (Lipinski definition) is 3. The van der Waals surface area contributed by atoms with Crippen LogP contribution in [0.25, 0.3) is 11.0 Å². The van der Waals surface area contributed by atoms with Gasteiger partial charge in [-0.3, -0.25) is 0 Å². The Labute approximate surface area is 97.2 Å². The topological polar surface area (TPSA) is 30.7 Å². The largest absolute Gasteiger partial charge is 0.246 e. The van der Waals surface area contributed by atoms with E-state index in [1.165, 1.54) is 3.97 Å². The van der Waals surface area contributed by atoms with E-state index in [1.807, 2.05) is 0 Å². The second-order valence-electron chi connectivity index (χ2n) is 2.63. The summed E-state index contributed by atoms with van der Waals surface area (Å²) in [4.78, 5) is 8.09. The molecular weight excluding hydrogens is 293 g/mol. The summed E-state index contributed by atoms with van der Waals surface area (Å²) in [5.74, 6) is 0.517. The van der Waals surface area contributed by atoms with Crippen LogP contribution in [0.2, 0.25) is 5.15 Å². The lowest BCUT2D eigenvalue weighted by molar-refractivity contribution is 0.918. The summed E-state index contributed by atoms with van der Waals surface area (Å²) in [6.07, 6.45) is 1.56. The Kier molecular flexibility index (Phi) is 2.68. The normalized spacial score (nSPS) is 11.1. The van der Waals surface area contributed by atoms with Crippen molar-refractivity contribution in [2.24, 2.45) is 0 Å². The molecule has 2 aromatic heterocycles. The third-order valence-electron chi connectivity index (χ3n) is 1.71. The highest BCUT2D eigenvalue weighted by Crippen LogP contribution is 2.32. The summed E-state index contributed by atoms with van der Waals surface area (Å²) in [6, 6.07) is 0. The van der Waals surface area contributed by atoms with Crippen LogP contribution in [0.4, 0.5) is 3.89 Å². The first-order chi connectivity index (χ1) is 6.63. The summed E-state index contributed by atoms with van der Waals surface area (Å²) in [6.45, 7) is 1.71. The molecule has 0 radical (unpaired) electrons. The Morgan fingerprint density at radius 1 is 1.57 bits per heavy atom. The van der Waals surface area contributed by atoms with Crippen LogP contribution in [-0.2, 0) is 0 Å². The highest BCUT2D eigenvalue weighted by Gasteiger charge is 2.13. The van der Waals surface area contributed by atoms with Gasteiger partial charge >= 0.3 is 0 Å². The van der Waals surface area contributed by atoms with Crippen LogP contribution in [0.1, 0.15) is 5.82 Å². The average molecular weight is 297 g/mol. The van der Waals surface area contributed by atoms with Crippen LogP contribution in [-0.4, -0.2) is 13.9 Å². The predicted octanol–water partition coefficient (Wildman–Crippen LogP) is 3.54. The van der Waals surface area contributed by atoms with Crippen molar-refractivity contribution >= 4 is 50.9 Å². The standard InChI is InChI=1S/C7H4BrClFN3S/c1-3-11-6(9)5-4(8)2-13(14-10)7(5)12-3/h2H,1H3. The molecule has 0 amide bonds. The molecule has 0 aliphatic heterocycles. The van der Waals surface area contributed by atoms with Crippen molar-refractivity contribution in [2.75, 3.05) is 0 Å². The summed E-state index contributed by atoms with van der Waals surface area (Å²) in [7, 11) is 0. The highest BCUT2D eigenvalue weighted by molar-refractivity contribution is 9.10. The number of rotatable bonds is 1. The summed E-state index contributed by atoms with van der Waals surface area (Å²) < 4.78 is 14.5. The van der Waals surface area contributed by atoms with Gasteiger partial charge in [-0.2, -0.15) is 0 Å². The SMILES string of the molecule is Cc1nc(Cl)c2c(Br)cn(SF)c2n1. The van der Waals surface area contributed by atoms with Crippen LogP contribution in [0.15, 0.2) is 10.7 Å². The summed E-state index contributed by atoms with van der Waals surface area (Å²) in [5.41, 5.74) is 0.474. The van der Waals surface area contributed by atoms with E-state index >= 15 is 0 Å². The fraction of sp³-hybridized carbons (Fsp3) is 0.143. The lowest BCUT2D eigenvalue weighted by atomic mass is 10.4. The maximum Gasteiger partial charge on any atom is 0.171 e. The van der Waals surface area contributed by atoms with Crippen LogP contribution in [0, 0.1) is 6.92 Å². The number of halogens is 3. The van der Waals surface area contributed by atoms with Crippen molar-refractivity contribution in [3.63, 3.8) is 0 Å². The van der Waals surface area contributed by atoms with Gasteiger partial charge in [-0.15, -0.1) is 3.89 Å². The predicted molar refractivity (Wildman–Crippen MR) is 59.1 cm³/mol. The quantitative estimate of drug-likeness (QED) is 0.754. The van der Waals surface area contributed by atoms with Crippen molar-refractivity contribution in [3.8, 4) is 0 Å². The molecule has 0 saturated heterocycles. The molecule has 2 heterocycles. The maximum absolute atomic E-state index is 12.5. The lowest BCUT2D eigenvalue weighted by Crippen LogP contribution is -1.91. The van der Waals surface area contributed by atoms with E-state index in [9.17, 15) is 3.89 Å². The first-order valence-corrected chi connectivity index (χ1v) is 5.47. The number of nitrogens with zero attached hydrogens (tertiary/aromatic N) is 3. The van der Waals surface area contributed by atoms with Gasteiger partial charge in [-0.05, 0) is 22.9 Å². The van der Waals surface area contributed by atoms with Crippen molar-refractivity contribution in [1.29, 1.82) is 0 Å². The fourth-order valence-electron chi connectivity index (χ4n) is 1.17. The van der Waals surface area contributed by atoms with Crippen LogP contribution < -0.4 is 0 Å². The highest BCUT2D eigenvalue weighted by atomic mass is 79.9. The van der Waals surface area contributed by atoms with E-state index in [4.69, 9.17) is 11.6 Å². The molecule has 3 nitrogen and oxygen atoms in total. The molecule has 0 unspecified atom stereocenters. The van der Waals surface area contributed by atoms with Gasteiger partial charge in [-0.25, -0.2) is 13.9 Å². The molecule has 2 aromatic rings. The molecule has 74 valence electrons. The van der Waals surface area contributed by atoms with Gasteiger partial charge in [0.15, 0.2) is 18.0 Å². The first kappa shape index (κ1) is 10.2. The van der Waals surface area contributed by atoms with Gasteiger partial charge in [0, 0.05) is 10.7 Å². The molecule has 14 heavy (non-hydrogen) atoms.